The van der Waals surface area contributed by atoms with Crippen molar-refractivity contribution < 1.29 is 4.74 Å². The number of fused-ring (bicyclic) bond motifs is 1. The predicted octanol–water partition coefficient (Wildman–Crippen LogP) is 3.27. The van der Waals surface area contributed by atoms with E-state index in [0.29, 0.717) is 28.0 Å². The number of nitrogens with two attached hydrogens (primary N) is 1. The third kappa shape index (κ3) is 2.20. The summed E-state index contributed by atoms with van der Waals surface area (Å²) in [6.45, 7) is 0. The minimum Gasteiger partial charge on any atom is -0.496 e. The first-order chi connectivity index (χ1) is 9.70. The SMILES string of the molecule is COc1cccc(Cl)c1-c1nc(N)c2c(n1)CCCC2. The number of nitrogen functional groups attached to an aromatic ring is 1. The molecule has 0 unspecified atom stereocenters. The summed E-state index contributed by atoms with van der Waals surface area (Å²) in [5, 5.41) is 0.569. The largest absolute Gasteiger partial charge is 0.496 e. The molecular weight excluding hydrogens is 274 g/mol. The van der Waals surface area contributed by atoms with Crippen molar-refractivity contribution in [3.8, 4) is 17.1 Å². The average molecular weight is 290 g/mol. The third-order valence-electron chi connectivity index (χ3n) is 3.63. The van der Waals surface area contributed by atoms with Gasteiger partial charge in [-0.25, -0.2) is 9.97 Å². The number of methoxy groups -OCH3 is 1. The first-order valence-electron chi connectivity index (χ1n) is 6.69. The molecule has 5 heteroatoms. The fourth-order valence-corrected chi connectivity index (χ4v) is 2.88. The highest BCUT2D eigenvalue weighted by molar-refractivity contribution is 6.33. The Hall–Kier alpha value is -1.81. The van der Waals surface area contributed by atoms with Crippen LogP contribution >= 0.6 is 11.6 Å². The smallest absolute Gasteiger partial charge is 0.167 e. The zero-order chi connectivity index (χ0) is 14.1. The van der Waals surface area contributed by atoms with Crippen LogP contribution in [0, 0.1) is 0 Å². The standard InChI is InChI=1S/C15H16ClN3O/c1-20-12-8-4-6-10(16)13(12)15-18-11-7-3-2-5-9(11)14(17)19-15/h4,6,8H,2-3,5,7H2,1H3,(H2,17,18,19). The molecule has 3 rings (SSSR count). The average Bonchev–Trinajstić information content (AvgIpc) is 2.46. The second-order valence-corrected chi connectivity index (χ2v) is 5.29. The minimum atomic E-state index is 0.547. The van der Waals surface area contributed by atoms with E-state index in [4.69, 9.17) is 22.1 Å². The number of aromatic nitrogens is 2. The maximum absolute atomic E-state index is 6.28. The van der Waals surface area contributed by atoms with E-state index in [-0.39, 0.29) is 0 Å². The third-order valence-corrected chi connectivity index (χ3v) is 3.95. The first-order valence-corrected chi connectivity index (χ1v) is 7.06. The van der Waals surface area contributed by atoms with E-state index >= 15 is 0 Å². The van der Waals surface area contributed by atoms with Crippen LogP contribution in [0.4, 0.5) is 5.82 Å². The molecule has 1 aliphatic carbocycles. The maximum Gasteiger partial charge on any atom is 0.167 e. The molecule has 0 amide bonds. The van der Waals surface area contributed by atoms with Crippen molar-refractivity contribution in [1.82, 2.24) is 9.97 Å². The molecule has 0 saturated carbocycles. The van der Waals surface area contributed by atoms with E-state index in [9.17, 15) is 0 Å². The van der Waals surface area contributed by atoms with Crippen molar-refractivity contribution in [3.05, 3.63) is 34.5 Å². The Balaban J connectivity index is 2.18. The van der Waals surface area contributed by atoms with Gasteiger partial charge in [-0.1, -0.05) is 17.7 Å². The number of hydrogen-bond donors (Lipinski definition) is 1. The molecule has 1 aromatic carbocycles. The van der Waals surface area contributed by atoms with Gasteiger partial charge in [-0.2, -0.15) is 0 Å². The van der Waals surface area contributed by atoms with Gasteiger partial charge in [0.1, 0.15) is 11.6 Å². The van der Waals surface area contributed by atoms with Crippen molar-refractivity contribution >= 4 is 17.4 Å². The van der Waals surface area contributed by atoms with Crippen LogP contribution < -0.4 is 10.5 Å². The van der Waals surface area contributed by atoms with Crippen molar-refractivity contribution in [2.75, 3.05) is 12.8 Å². The Labute approximate surface area is 123 Å². The predicted molar refractivity (Wildman–Crippen MR) is 80.1 cm³/mol. The summed E-state index contributed by atoms with van der Waals surface area (Å²) in [5.41, 5.74) is 8.92. The van der Waals surface area contributed by atoms with Gasteiger partial charge in [-0.15, -0.1) is 0 Å². The van der Waals surface area contributed by atoms with Crippen LogP contribution in [-0.4, -0.2) is 17.1 Å². The lowest BCUT2D eigenvalue weighted by Crippen LogP contribution is -2.12. The second kappa shape index (κ2) is 5.29. The van der Waals surface area contributed by atoms with Gasteiger partial charge >= 0.3 is 0 Å². The number of rotatable bonds is 2. The molecule has 0 aliphatic heterocycles. The quantitative estimate of drug-likeness (QED) is 0.922. The molecule has 0 spiro atoms. The van der Waals surface area contributed by atoms with Gasteiger partial charge in [-0.05, 0) is 37.8 Å². The van der Waals surface area contributed by atoms with E-state index in [2.05, 4.69) is 9.97 Å². The van der Waals surface area contributed by atoms with Gasteiger partial charge in [0.15, 0.2) is 5.82 Å². The number of nitrogens with zero attached hydrogens (tertiary/aromatic N) is 2. The van der Waals surface area contributed by atoms with Gasteiger partial charge < -0.3 is 10.5 Å². The molecule has 4 nitrogen and oxygen atoms in total. The Morgan fingerprint density at radius 3 is 2.80 bits per heavy atom. The number of halogens is 1. The fourth-order valence-electron chi connectivity index (χ4n) is 2.63. The van der Waals surface area contributed by atoms with Gasteiger partial charge in [0.05, 0.1) is 17.7 Å². The minimum absolute atomic E-state index is 0.547. The Morgan fingerprint density at radius 2 is 2.00 bits per heavy atom. The summed E-state index contributed by atoms with van der Waals surface area (Å²) in [7, 11) is 1.61. The molecule has 20 heavy (non-hydrogen) atoms. The maximum atomic E-state index is 6.28. The van der Waals surface area contributed by atoms with E-state index in [1.807, 2.05) is 12.1 Å². The van der Waals surface area contributed by atoms with Gasteiger partial charge in [0, 0.05) is 11.3 Å². The van der Waals surface area contributed by atoms with E-state index in [0.717, 1.165) is 36.9 Å². The monoisotopic (exact) mass is 289 g/mol. The number of benzene rings is 1. The summed E-state index contributed by atoms with van der Waals surface area (Å²) in [6, 6.07) is 5.49. The van der Waals surface area contributed by atoms with Crippen LogP contribution in [0.1, 0.15) is 24.1 Å². The Bertz CT molecular complexity index is 658. The molecule has 1 aromatic heterocycles. The Morgan fingerprint density at radius 1 is 1.20 bits per heavy atom. The fraction of sp³-hybridized carbons (Fsp3) is 0.333. The molecule has 2 aromatic rings. The molecule has 1 aliphatic rings. The summed E-state index contributed by atoms with van der Waals surface area (Å²) < 4.78 is 5.36. The molecule has 0 saturated heterocycles. The molecule has 2 N–H and O–H groups in total. The van der Waals surface area contributed by atoms with Crippen LogP contribution in [0.3, 0.4) is 0 Å². The highest BCUT2D eigenvalue weighted by Crippen LogP contribution is 2.36. The second-order valence-electron chi connectivity index (χ2n) is 4.88. The molecule has 0 bridgehead atoms. The van der Waals surface area contributed by atoms with Crippen LogP contribution in [0.2, 0.25) is 5.02 Å². The lowest BCUT2D eigenvalue weighted by molar-refractivity contribution is 0.416. The number of ether oxygens (including phenoxy) is 1. The van der Waals surface area contributed by atoms with E-state index < -0.39 is 0 Å². The lowest BCUT2D eigenvalue weighted by Gasteiger charge is -2.18. The highest BCUT2D eigenvalue weighted by atomic mass is 35.5. The topological polar surface area (TPSA) is 61.0 Å². The summed E-state index contributed by atoms with van der Waals surface area (Å²) in [4.78, 5) is 9.09. The van der Waals surface area contributed by atoms with Crippen LogP contribution in [0.25, 0.3) is 11.4 Å². The molecule has 104 valence electrons. The van der Waals surface area contributed by atoms with Crippen LogP contribution in [-0.2, 0) is 12.8 Å². The molecule has 0 radical (unpaired) electrons. The Kier molecular flexibility index (Phi) is 3.49. The molecule has 0 atom stereocenters. The van der Waals surface area contributed by atoms with E-state index in [1.54, 1.807) is 13.2 Å². The zero-order valence-electron chi connectivity index (χ0n) is 11.3. The van der Waals surface area contributed by atoms with Gasteiger partial charge in [0.25, 0.3) is 0 Å². The van der Waals surface area contributed by atoms with Crippen molar-refractivity contribution in [2.24, 2.45) is 0 Å². The first kappa shape index (κ1) is 13.2. The highest BCUT2D eigenvalue weighted by Gasteiger charge is 2.20. The zero-order valence-corrected chi connectivity index (χ0v) is 12.1. The molecule has 1 heterocycles. The van der Waals surface area contributed by atoms with Crippen molar-refractivity contribution in [2.45, 2.75) is 25.7 Å². The normalized spacial score (nSPS) is 13.9. The summed E-state index contributed by atoms with van der Waals surface area (Å²) >= 11 is 6.28. The van der Waals surface area contributed by atoms with Gasteiger partial charge in [0.2, 0.25) is 0 Å². The number of hydrogen-bond acceptors (Lipinski definition) is 4. The van der Waals surface area contributed by atoms with Crippen molar-refractivity contribution in [3.63, 3.8) is 0 Å². The van der Waals surface area contributed by atoms with Crippen LogP contribution in [0.5, 0.6) is 5.75 Å². The lowest BCUT2D eigenvalue weighted by atomic mass is 9.96. The van der Waals surface area contributed by atoms with Gasteiger partial charge in [-0.3, -0.25) is 0 Å². The summed E-state index contributed by atoms with van der Waals surface area (Å²) in [5.74, 6) is 1.77. The summed E-state index contributed by atoms with van der Waals surface area (Å²) in [6.07, 6.45) is 4.20. The number of anilines is 1. The molecule has 0 fully saturated rings. The van der Waals surface area contributed by atoms with Crippen LogP contribution in [0.15, 0.2) is 18.2 Å². The van der Waals surface area contributed by atoms with Crippen molar-refractivity contribution in [1.29, 1.82) is 0 Å². The molecular formula is C15H16ClN3O. The number of aryl methyl sites for hydroxylation is 1. The van der Waals surface area contributed by atoms with E-state index in [1.165, 1.54) is 0 Å².